The Morgan fingerprint density at radius 2 is 1.41 bits per heavy atom. The third-order valence-corrected chi connectivity index (χ3v) is 1.95. The highest BCUT2D eigenvalue weighted by Crippen LogP contribution is 1.99. The van der Waals surface area contributed by atoms with Gasteiger partial charge in [0.1, 0.15) is 0 Å². The Kier molecular flexibility index (Phi) is 20.6. The lowest BCUT2D eigenvalue weighted by atomic mass is 10.1. The average molecular weight is 250 g/mol. The molecule has 0 fully saturated rings. The number of rotatable bonds is 10. The number of aliphatic hydroxyl groups excluding tert-OH is 2. The molecule has 0 aromatic heterocycles. The largest absolute Gasteiger partial charge is 0.394 e. The first-order chi connectivity index (χ1) is 8.18. The monoisotopic (exact) mass is 250 g/mol. The maximum absolute atomic E-state index is 8.09. The number of ether oxygens (including phenoxy) is 2. The molecule has 2 N–H and O–H groups in total. The molecule has 0 spiro atoms. The average Bonchev–Trinajstić information content (AvgIpc) is 2.30. The van der Waals surface area contributed by atoms with E-state index in [1.54, 1.807) is 0 Å². The lowest BCUT2D eigenvalue weighted by Gasteiger charge is -2.04. The molecule has 0 aromatic carbocycles. The van der Waals surface area contributed by atoms with E-state index in [9.17, 15) is 0 Å². The van der Waals surface area contributed by atoms with Gasteiger partial charge in [0, 0.05) is 13.2 Å². The third-order valence-electron chi connectivity index (χ3n) is 1.95. The molecule has 0 rings (SSSR count). The Morgan fingerprint density at radius 1 is 0.882 bits per heavy atom. The predicted octanol–water partition coefficient (Wildman–Crippen LogP) is 1.84. The van der Waals surface area contributed by atoms with E-state index in [0.717, 1.165) is 19.1 Å². The summed E-state index contributed by atoms with van der Waals surface area (Å²) in [6, 6.07) is 0. The fourth-order valence-corrected chi connectivity index (χ4v) is 0.899. The molecule has 0 saturated carbocycles. The van der Waals surface area contributed by atoms with E-state index < -0.39 is 0 Å². The van der Waals surface area contributed by atoms with Crippen LogP contribution in [-0.2, 0) is 9.47 Å². The minimum atomic E-state index is 0.0278. The van der Waals surface area contributed by atoms with E-state index in [-0.39, 0.29) is 13.2 Å². The van der Waals surface area contributed by atoms with Crippen molar-refractivity contribution in [3.8, 4) is 0 Å². The molecule has 4 nitrogen and oxygen atoms in total. The van der Waals surface area contributed by atoms with Crippen LogP contribution in [0.4, 0.5) is 0 Å². The zero-order valence-corrected chi connectivity index (χ0v) is 11.7. The highest BCUT2D eigenvalue weighted by atomic mass is 16.5. The Labute approximate surface area is 106 Å². The van der Waals surface area contributed by atoms with Gasteiger partial charge < -0.3 is 19.7 Å². The van der Waals surface area contributed by atoms with Crippen LogP contribution in [0.5, 0.6) is 0 Å². The molecule has 0 aliphatic heterocycles. The van der Waals surface area contributed by atoms with Crippen molar-refractivity contribution in [1.82, 2.24) is 0 Å². The molecule has 0 aromatic rings. The molecule has 17 heavy (non-hydrogen) atoms. The second-order valence-electron chi connectivity index (χ2n) is 4.21. The van der Waals surface area contributed by atoms with Crippen molar-refractivity contribution in [2.75, 3.05) is 39.6 Å². The Morgan fingerprint density at radius 3 is 1.82 bits per heavy atom. The number of unbranched alkanes of at least 4 members (excludes halogenated alkanes) is 1. The normalized spacial score (nSPS) is 10.2. The first kappa shape index (κ1) is 19.2. The molecular formula is C13H30O4. The summed E-state index contributed by atoms with van der Waals surface area (Å²) in [6.07, 6.45) is 3.64. The Bertz CT molecular complexity index is 114. The summed E-state index contributed by atoms with van der Waals surface area (Å²) in [7, 11) is 0. The van der Waals surface area contributed by atoms with Crippen LogP contribution in [0.2, 0.25) is 0 Å². The molecule has 0 saturated heterocycles. The van der Waals surface area contributed by atoms with Crippen molar-refractivity contribution >= 4 is 0 Å². The van der Waals surface area contributed by atoms with Crippen LogP contribution in [0.1, 0.15) is 40.0 Å². The molecule has 0 unspecified atom stereocenters. The van der Waals surface area contributed by atoms with Crippen molar-refractivity contribution < 1.29 is 19.7 Å². The lowest BCUT2D eigenvalue weighted by molar-refractivity contribution is 0.0650. The van der Waals surface area contributed by atoms with Gasteiger partial charge >= 0.3 is 0 Å². The molecule has 106 valence electrons. The lowest BCUT2D eigenvalue weighted by Crippen LogP contribution is -2.03. The Hall–Kier alpha value is -0.160. The minimum Gasteiger partial charge on any atom is -0.394 e. The van der Waals surface area contributed by atoms with Gasteiger partial charge in [-0.15, -0.1) is 0 Å². The SMILES string of the molecule is CCCCOCCC(C)C.OCCOCCO. The van der Waals surface area contributed by atoms with Gasteiger partial charge in [0.2, 0.25) is 0 Å². The molecule has 4 heteroatoms. The van der Waals surface area contributed by atoms with Crippen molar-refractivity contribution in [3.05, 3.63) is 0 Å². The Balaban J connectivity index is 0. The third kappa shape index (κ3) is 25.8. The maximum atomic E-state index is 8.09. The summed E-state index contributed by atoms with van der Waals surface area (Å²) in [5, 5.41) is 16.2. The molecule has 0 atom stereocenters. The highest BCUT2D eigenvalue weighted by molar-refractivity contribution is 4.42. The van der Waals surface area contributed by atoms with Crippen LogP contribution < -0.4 is 0 Å². The smallest absolute Gasteiger partial charge is 0.0698 e. The van der Waals surface area contributed by atoms with E-state index >= 15 is 0 Å². The van der Waals surface area contributed by atoms with Gasteiger partial charge in [-0.1, -0.05) is 27.2 Å². The highest BCUT2D eigenvalue weighted by Gasteiger charge is 1.92. The van der Waals surface area contributed by atoms with Crippen molar-refractivity contribution in [1.29, 1.82) is 0 Å². The van der Waals surface area contributed by atoms with Crippen molar-refractivity contribution in [2.24, 2.45) is 5.92 Å². The van der Waals surface area contributed by atoms with Crippen LogP contribution >= 0.6 is 0 Å². The number of hydrogen-bond acceptors (Lipinski definition) is 4. The zero-order valence-electron chi connectivity index (χ0n) is 11.7. The predicted molar refractivity (Wildman–Crippen MR) is 70.2 cm³/mol. The fourth-order valence-electron chi connectivity index (χ4n) is 0.899. The van der Waals surface area contributed by atoms with Crippen LogP contribution in [0, 0.1) is 5.92 Å². The van der Waals surface area contributed by atoms with E-state index in [1.807, 2.05) is 0 Å². The molecule has 0 heterocycles. The molecular weight excluding hydrogens is 220 g/mol. The fraction of sp³-hybridized carbons (Fsp3) is 1.00. The summed E-state index contributed by atoms with van der Waals surface area (Å²) in [5.74, 6) is 0.779. The van der Waals surface area contributed by atoms with E-state index in [1.165, 1.54) is 19.3 Å². The molecule has 0 aliphatic rings. The number of aliphatic hydroxyl groups is 2. The van der Waals surface area contributed by atoms with Gasteiger partial charge in [-0.3, -0.25) is 0 Å². The first-order valence-electron chi connectivity index (χ1n) is 6.56. The van der Waals surface area contributed by atoms with Crippen LogP contribution in [0.15, 0.2) is 0 Å². The van der Waals surface area contributed by atoms with E-state index in [0.29, 0.717) is 13.2 Å². The van der Waals surface area contributed by atoms with Gasteiger partial charge in [0.25, 0.3) is 0 Å². The van der Waals surface area contributed by atoms with Gasteiger partial charge in [-0.2, -0.15) is 0 Å². The molecule has 0 amide bonds. The van der Waals surface area contributed by atoms with Crippen molar-refractivity contribution in [2.45, 2.75) is 40.0 Å². The minimum absolute atomic E-state index is 0.0278. The van der Waals surface area contributed by atoms with E-state index in [4.69, 9.17) is 14.9 Å². The van der Waals surface area contributed by atoms with E-state index in [2.05, 4.69) is 25.5 Å². The molecule has 0 bridgehead atoms. The summed E-state index contributed by atoms with van der Waals surface area (Å²) in [6.45, 7) is 9.22. The van der Waals surface area contributed by atoms with Crippen LogP contribution in [0.3, 0.4) is 0 Å². The summed E-state index contributed by atoms with van der Waals surface area (Å²) in [5.41, 5.74) is 0. The molecule has 0 radical (unpaired) electrons. The summed E-state index contributed by atoms with van der Waals surface area (Å²) < 4.78 is 10.0. The van der Waals surface area contributed by atoms with Gasteiger partial charge in [-0.05, 0) is 18.8 Å². The van der Waals surface area contributed by atoms with Crippen LogP contribution in [0.25, 0.3) is 0 Å². The second kappa shape index (κ2) is 18.2. The maximum Gasteiger partial charge on any atom is 0.0698 e. The van der Waals surface area contributed by atoms with Crippen molar-refractivity contribution in [3.63, 3.8) is 0 Å². The summed E-state index contributed by atoms with van der Waals surface area (Å²) >= 11 is 0. The van der Waals surface area contributed by atoms with Gasteiger partial charge in [-0.25, -0.2) is 0 Å². The van der Waals surface area contributed by atoms with Gasteiger partial charge in [0.05, 0.1) is 26.4 Å². The zero-order chi connectivity index (χ0) is 13.4. The topological polar surface area (TPSA) is 58.9 Å². The number of hydrogen-bond donors (Lipinski definition) is 2. The summed E-state index contributed by atoms with van der Waals surface area (Å²) in [4.78, 5) is 0. The first-order valence-corrected chi connectivity index (χ1v) is 6.56. The van der Waals surface area contributed by atoms with Crippen LogP contribution in [-0.4, -0.2) is 49.9 Å². The van der Waals surface area contributed by atoms with Gasteiger partial charge in [0.15, 0.2) is 0 Å². The standard InChI is InChI=1S/C9H20O.C4H10O3/c1-4-5-7-10-8-6-9(2)3;5-1-3-7-4-2-6/h9H,4-8H2,1-3H3;5-6H,1-4H2. The second-order valence-corrected chi connectivity index (χ2v) is 4.21. The quantitative estimate of drug-likeness (QED) is 0.581. The molecule has 0 aliphatic carbocycles.